The first-order valence-electron chi connectivity index (χ1n) is 4.32. The van der Waals surface area contributed by atoms with Crippen molar-refractivity contribution in [3.05, 3.63) is 0 Å². The van der Waals surface area contributed by atoms with Crippen LogP contribution in [0.25, 0.3) is 0 Å². The molecule has 0 amide bonds. The monoisotopic (exact) mass is 181 g/mol. The van der Waals surface area contributed by atoms with E-state index in [1.54, 1.807) is 6.07 Å². The average Bonchev–Trinajstić information content (AvgIpc) is 2.09. The van der Waals surface area contributed by atoms with Crippen LogP contribution < -0.4 is 0 Å². The fourth-order valence-electron chi connectivity index (χ4n) is 1.68. The van der Waals surface area contributed by atoms with E-state index in [9.17, 15) is 9.59 Å². The normalized spacial score (nSPS) is 24.8. The van der Waals surface area contributed by atoms with Crippen molar-refractivity contribution in [2.45, 2.75) is 25.7 Å². The molecule has 1 rings (SSSR count). The summed E-state index contributed by atoms with van der Waals surface area (Å²) in [5.74, 6) is -2.97. The lowest BCUT2D eigenvalue weighted by molar-refractivity contribution is -0.145. The molecule has 1 saturated carbocycles. The summed E-state index contributed by atoms with van der Waals surface area (Å²) < 4.78 is 0. The number of Topliss-reactive ketones (excluding diaryl/α,β-unsaturated/α-hetero) is 1. The first-order valence-corrected chi connectivity index (χ1v) is 4.32. The molecule has 1 fully saturated rings. The van der Waals surface area contributed by atoms with Crippen molar-refractivity contribution in [2.75, 3.05) is 0 Å². The zero-order chi connectivity index (χ0) is 9.84. The number of hydrogen-bond donors (Lipinski definition) is 1. The molecule has 0 aromatic heterocycles. The second-order valence-corrected chi connectivity index (χ2v) is 3.26. The fourth-order valence-corrected chi connectivity index (χ4v) is 1.68. The van der Waals surface area contributed by atoms with Crippen molar-refractivity contribution in [3.8, 4) is 6.07 Å². The van der Waals surface area contributed by atoms with Gasteiger partial charge in [0.05, 0.1) is 6.07 Å². The van der Waals surface area contributed by atoms with Crippen molar-refractivity contribution < 1.29 is 14.7 Å². The third kappa shape index (κ3) is 2.05. The van der Waals surface area contributed by atoms with Gasteiger partial charge in [-0.25, -0.2) is 0 Å². The van der Waals surface area contributed by atoms with Crippen molar-refractivity contribution in [3.63, 3.8) is 0 Å². The lowest BCUT2D eigenvalue weighted by Gasteiger charge is -2.21. The van der Waals surface area contributed by atoms with Crippen molar-refractivity contribution >= 4 is 11.8 Å². The number of nitriles is 1. The Labute approximate surface area is 76.2 Å². The Morgan fingerprint density at radius 3 is 2.77 bits per heavy atom. The minimum atomic E-state index is -1.18. The van der Waals surface area contributed by atoms with Crippen LogP contribution in [0.3, 0.4) is 0 Å². The van der Waals surface area contributed by atoms with Crippen LogP contribution in [-0.2, 0) is 9.59 Å². The summed E-state index contributed by atoms with van der Waals surface area (Å²) in [4.78, 5) is 21.9. The molecule has 0 aliphatic heterocycles. The molecule has 0 heterocycles. The number of nitrogens with zero attached hydrogens (tertiary/aromatic N) is 1. The van der Waals surface area contributed by atoms with Gasteiger partial charge in [-0.15, -0.1) is 0 Å². The SMILES string of the molecule is N#CC(C(=O)O)C1CCCCC1=O. The van der Waals surface area contributed by atoms with E-state index in [1.165, 1.54) is 0 Å². The molecular weight excluding hydrogens is 170 g/mol. The predicted molar refractivity (Wildman–Crippen MR) is 43.7 cm³/mol. The molecule has 1 aliphatic rings. The summed E-state index contributed by atoms with van der Waals surface area (Å²) in [6.07, 6.45) is 2.65. The highest BCUT2D eigenvalue weighted by Crippen LogP contribution is 2.27. The van der Waals surface area contributed by atoms with Gasteiger partial charge in [0.25, 0.3) is 0 Å². The summed E-state index contributed by atoms with van der Waals surface area (Å²) in [7, 11) is 0. The van der Waals surface area contributed by atoms with E-state index in [1.807, 2.05) is 0 Å². The van der Waals surface area contributed by atoms with E-state index in [0.29, 0.717) is 12.8 Å². The van der Waals surface area contributed by atoms with Gasteiger partial charge in [0.1, 0.15) is 5.78 Å². The average molecular weight is 181 g/mol. The smallest absolute Gasteiger partial charge is 0.321 e. The number of carboxylic acid groups (broad SMARTS) is 1. The zero-order valence-electron chi connectivity index (χ0n) is 7.19. The number of carbonyl (C=O) groups excluding carboxylic acids is 1. The van der Waals surface area contributed by atoms with Crippen LogP contribution in [0, 0.1) is 23.2 Å². The maximum Gasteiger partial charge on any atom is 0.321 e. The molecule has 1 N–H and O–H groups in total. The lowest BCUT2D eigenvalue weighted by Crippen LogP contribution is -2.31. The first-order chi connectivity index (χ1) is 6.16. The van der Waals surface area contributed by atoms with Crippen LogP contribution in [0.2, 0.25) is 0 Å². The van der Waals surface area contributed by atoms with Crippen LogP contribution >= 0.6 is 0 Å². The van der Waals surface area contributed by atoms with Gasteiger partial charge >= 0.3 is 5.97 Å². The third-order valence-electron chi connectivity index (χ3n) is 2.41. The Morgan fingerprint density at radius 2 is 2.31 bits per heavy atom. The molecule has 0 aromatic rings. The largest absolute Gasteiger partial charge is 0.480 e. The molecule has 4 heteroatoms. The van der Waals surface area contributed by atoms with Gasteiger partial charge in [-0.05, 0) is 12.8 Å². The molecule has 0 aromatic carbocycles. The standard InChI is InChI=1S/C9H11NO3/c10-5-7(9(12)13)6-3-1-2-4-8(6)11/h6-7H,1-4H2,(H,12,13). The zero-order valence-corrected chi connectivity index (χ0v) is 7.19. The molecule has 0 spiro atoms. The van der Waals surface area contributed by atoms with Crippen LogP contribution in [0.4, 0.5) is 0 Å². The molecule has 0 radical (unpaired) electrons. The Balaban J connectivity index is 2.73. The quantitative estimate of drug-likeness (QED) is 0.688. The lowest BCUT2D eigenvalue weighted by atomic mass is 9.80. The van der Waals surface area contributed by atoms with E-state index in [4.69, 9.17) is 10.4 Å². The highest BCUT2D eigenvalue weighted by atomic mass is 16.4. The molecule has 4 nitrogen and oxygen atoms in total. The maximum atomic E-state index is 11.3. The van der Waals surface area contributed by atoms with Crippen LogP contribution in [0.15, 0.2) is 0 Å². The highest BCUT2D eigenvalue weighted by molar-refractivity contribution is 5.88. The highest BCUT2D eigenvalue weighted by Gasteiger charge is 2.34. The Kier molecular flexibility index (Phi) is 3.02. The van der Waals surface area contributed by atoms with Gasteiger partial charge in [0.2, 0.25) is 0 Å². The molecular formula is C9H11NO3. The summed E-state index contributed by atoms with van der Waals surface area (Å²) in [5.41, 5.74) is 0. The minimum absolute atomic E-state index is 0.0693. The minimum Gasteiger partial charge on any atom is -0.480 e. The van der Waals surface area contributed by atoms with Gasteiger partial charge in [0, 0.05) is 12.3 Å². The van der Waals surface area contributed by atoms with Gasteiger partial charge in [-0.3, -0.25) is 9.59 Å². The summed E-state index contributed by atoms with van der Waals surface area (Å²) in [5, 5.41) is 17.3. The topological polar surface area (TPSA) is 78.2 Å². The van der Waals surface area contributed by atoms with E-state index < -0.39 is 17.8 Å². The number of carbonyl (C=O) groups is 2. The number of ketones is 1. The molecule has 0 saturated heterocycles. The van der Waals surface area contributed by atoms with Crippen molar-refractivity contribution in [2.24, 2.45) is 11.8 Å². The molecule has 13 heavy (non-hydrogen) atoms. The predicted octanol–water partition coefficient (Wildman–Crippen LogP) is 0.970. The number of aliphatic carboxylic acids is 1. The summed E-state index contributed by atoms with van der Waals surface area (Å²) >= 11 is 0. The van der Waals surface area contributed by atoms with Gasteiger partial charge in [0.15, 0.2) is 5.92 Å². The summed E-state index contributed by atoms with van der Waals surface area (Å²) in [6, 6.07) is 1.68. The second-order valence-electron chi connectivity index (χ2n) is 3.26. The van der Waals surface area contributed by atoms with Gasteiger partial charge in [-0.2, -0.15) is 5.26 Å². The number of rotatable bonds is 2. The van der Waals surface area contributed by atoms with Crippen molar-refractivity contribution in [1.82, 2.24) is 0 Å². The van der Waals surface area contributed by atoms with E-state index in [-0.39, 0.29) is 5.78 Å². The van der Waals surface area contributed by atoms with Crippen LogP contribution in [0.5, 0.6) is 0 Å². The number of hydrogen-bond acceptors (Lipinski definition) is 3. The van der Waals surface area contributed by atoms with Crippen LogP contribution in [-0.4, -0.2) is 16.9 Å². The van der Waals surface area contributed by atoms with Gasteiger partial charge in [-0.1, -0.05) is 6.42 Å². The van der Waals surface area contributed by atoms with E-state index in [0.717, 1.165) is 12.8 Å². The third-order valence-corrected chi connectivity index (χ3v) is 2.41. The molecule has 2 unspecified atom stereocenters. The van der Waals surface area contributed by atoms with Crippen LogP contribution in [0.1, 0.15) is 25.7 Å². The number of carboxylic acids is 1. The summed E-state index contributed by atoms with van der Waals surface area (Å²) in [6.45, 7) is 0. The molecule has 0 bridgehead atoms. The van der Waals surface area contributed by atoms with E-state index >= 15 is 0 Å². The maximum absolute atomic E-state index is 11.3. The molecule has 1 aliphatic carbocycles. The first kappa shape index (κ1) is 9.72. The van der Waals surface area contributed by atoms with Crippen molar-refractivity contribution in [1.29, 1.82) is 5.26 Å². The molecule has 70 valence electrons. The Hall–Kier alpha value is -1.37. The van der Waals surface area contributed by atoms with E-state index in [2.05, 4.69) is 0 Å². The second kappa shape index (κ2) is 4.04. The Morgan fingerprint density at radius 1 is 1.62 bits per heavy atom. The molecule has 2 atom stereocenters. The van der Waals surface area contributed by atoms with Gasteiger partial charge < -0.3 is 5.11 Å². The Bertz CT molecular complexity index is 267. The fraction of sp³-hybridized carbons (Fsp3) is 0.667.